The second-order valence-electron chi connectivity index (χ2n) is 0.297. The van der Waals surface area contributed by atoms with Gasteiger partial charge in [0.1, 0.15) is 0 Å². The second-order valence-corrected chi connectivity index (χ2v) is 1.21. The predicted molar refractivity (Wildman–Crippen MR) is 9.44 cm³/mol. The second kappa shape index (κ2) is 3.78. The van der Waals surface area contributed by atoms with Gasteiger partial charge in [-0.15, -0.1) is 0 Å². The molecule has 3 nitrogen and oxygen atoms in total. The molecule has 0 aliphatic rings. The molecular formula is CHMoN2O. The van der Waals surface area contributed by atoms with Crippen LogP contribution in [0, 0.1) is 11.5 Å². The van der Waals surface area contributed by atoms with Gasteiger partial charge in [0.25, 0.3) is 0 Å². The molecule has 0 heterocycles. The molecular weight excluding hydrogens is 152 g/mol. The average molecular weight is 153 g/mol. The number of nitriles is 1. The summed E-state index contributed by atoms with van der Waals surface area (Å²) in [5, 5.41) is 7.54. The van der Waals surface area contributed by atoms with Crippen LogP contribution in [0.2, 0.25) is 0 Å². The van der Waals surface area contributed by atoms with Crippen molar-refractivity contribution < 1.29 is 22.2 Å². The van der Waals surface area contributed by atoms with Crippen LogP contribution in [0.1, 0.15) is 0 Å². The number of rotatable bonds is 1. The monoisotopic (exact) mass is 155 g/mol. The molecule has 0 bridgehead atoms. The zero-order valence-corrected chi connectivity index (χ0v) is 4.27. The van der Waals surface area contributed by atoms with Crippen LogP contribution in [0.4, 0.5) is 0 Å². The average Bonchev–Trinajstić information content (AvgIpc) is 1.41. The van der Waals surface area contributed by atoms with Gasteiger partial charge in [-0.1, -0.05) is 0 Å². The molecule has 0 amide bonds. The first kappa shape index (κ1) is 4.78. The van der Waals surface area contributed by atoms with Crippen LogP contribution in [0.3, 0.4) is 0 Å². The van der Waals surface area contributed by atoms with Crippen LogP contribution in [0.15, 0.2) is 0 Å². The molecule has 4 heteroatoms. The molecule has 0 rings (SSSR count). The molecule has 0 unspecified atom stereocenters. The Bertz CT molecular complexity index is 64.5. The Hall–Kier alpha value is -0.222. The first-order valence-corrected chi connectivity index (χ1v) is 2.67. The van der Waals surface area contributed by atoms with Crippen molar-refractivity contribution in [3.63, 3.8) is 0 Å². The third-order valence-corrected chi connectivity index (χ3v) is 0.517. The number of nitrogens with one attached hydrogen (secondary N) is 1. The molecule has 0 aliphatic carbocycles. The predicted octanol–water partition coefficient (Wildman–Crippen LogP) is -0.600. The summed E-state index contributed by atoms with van der Waals surface area (Å²) < 4.78 is 11.3. The summed E-state index contributed by atoms with van der Waals surface area (Å²) in [5.74, 6) is 0. The van der Waals surface area contributed by atoms with E-state index in [2.05, 4.69) is 0 Å². The Morgan fingerprint density at radius 1 is 2.00 bits per heavy atom. The van der Waals surface area contributed by atoms with Gasteiger partial charge in [-0.05, 0) is 0 Å². The molecule has 0 aromatic rings. The maximum absolute atomic E-state index is 9.33. The zero-order valence-electron chi connectivity index (χ0n) is 2.26. The fourth-order valence-corrected chi connectivity index (χ4v) is 0.110. The number of nitrogens with zero attached hydrogens (tertiary/aromatic N) is 1. The van der Waals surface area contributed by atoms with Gasteiger partial charge in [0.2, 0.25) is 0 Å². The van der Waals surface area contributed by atoms with Crippen molar-refractivity contribution in [1.29, 1.82) is 5.26 Å². The van der Waals surface area contributed by atoms with E-state index in [-0.39, 0.29) is 0 Å². The van der Waals surface area contributed by atoms with Crippen molar-refractivity contribution in [3.05, 3.63) is 0 Å². The standard InChI is InChI=1S/CHN2.Mo.O/c2-1-3;;/h2H;;/q-1;+1;. The fourth-order valence-electron chi connectivity index (χ4n) is 0.0186. The third kappa shape index (κ3) is 3.78. The van der Waals surface area contributed by atoms with Gasteiger partial charge in [0, 0.05) is 0 Å². The Morgan fingerprint density at radius 2 is 2.60 bits per heavy atom. The minimum absolute atomic E-state index is 1.39. The molecule has 0 saturated carbocycles. The van der Waals surface area contributed by atoms with Crippen LogP contribution in [-0.4, -0.2) is 0 Å². The molecule has 0 fully saturated rings. The number of hydrogen-bond donors (Lipinski definition) is 1. The Kier molecular flexibility index (Phi) is 3.61. The molecule has 0 aliphatic heterocycles. The van der Waals surface area contributed by atoms with Crippen molar-refractivity contribution in [1.82, 2.24) is 3.88 Å². The van der Waals surface area contributed by atoms with Gasteiger partial charge in [-0.2, -0.15) is 0 Å². The molecule has 27 valence electrons. The summed E-state index contributed by atoms with van der Waals surface area (Å²) in [6.07, 6.45) is 1.51. The van der Waals surface area contributed by atoms with E-state index in [1.54, 1.807) is 0 Å². The minimum atomic E-state index is -1.39. The van der Waals surface area contributed by atoms with Crippen LogP contribution in [0.25, 0.3) is 0 Å². The van der Waals surface area contributed by atoms with Crippen molar-refractivity contribution in [3.8, 4) is 6.19 Å². The summed E-state index contributed by atoms with van der Waals surface area (Å²) >= 11 is -1.39. The van der Waals surface area contributed by atoms with Crippen LogP contribution < -0.4 is 3.88 Å². The van der Waals surface area contributed by atoms with E-state index in [0.717, 1.165) is 0 Å². The quantitative estimate of drug-likeness (QED) is 0.311. The van der Waals surface area contributed by atoms with E-state index < -0.39 is 18.8 Å². The van der Waals surface area contributed by atoms with Gasteiger partial charge in [-0.3, -0.25) is 0 Å². The Labute approximate surface area is 38.1 Å². The van der Waals surface area contributed by atoms with Gasteiger partial charge < -0.3 is 0 Å². The molecule has 0 atom stereocenters. The van der Waals surface area contributed by atoms with Crippen LogP contribution >= 0.6 is 0 Å². The molecule has 0 aromatic carbocycles. The molecule has 0 aromatic heterocycles. The van der Waals surface area contributed by atoms with Crippen LogP contribution in [-0.2, 0) is 22.2 Å². The van der Waals surface area contributed by atoms with Gasteiger partial charge >= 0.3 is 37.5 Å². The van der Waals surface area contributed by atoms with E-state index in [9.17, 15) is 3.40 Å². The van der Waals surface area contributed by atoms with Crippen molar-refractivity contribution in [2.24, 2.45) is 0 Å². The summed E-state index contributed by atoms with van der Waals surface area (Å²) in [6.45, 7) is 0. The fraction of sp³-hybridized carbons (Fsp3) is 0. The maximum atomic E-state index is 9.33. The van der Waals surface area contributed by atoms with E-state index in [1.165, 1.54) is 6.19 Å². The van der Waals surface area contributed by atoms with Gasteiger partial charge in [0.05, 0.1) is 0 Å². The normalized spacial score (nSPS) is 4.60. The molecule has 1 N–H and O–H groups in total. The van der Waals surface area contributed by atoms with E-state index in [0.29, 0.717) is 0 Å². The zero-order chi connectivity index (χ0) is 4.12. The SMILES string of the molecule is N#C[NH][Mo]=[O]. The van der Waals surface area contributed by atoms with Gasteiger partial charge in [-0.25, -0.2) is 0 Å². The summed E-state index contributed by atoms with van der Waals surface area (Å²) in [6, 6.07) is 0. The topological polar surface area (TPSA) is 52.9 Å². The molecule has 0 saturated heterocycles. The number of hydrogen-bond acceptors (Lipinski definition) is 2. The van der Waals surface area contributed by atoms with Crippen molar-refractivity contribution in [2.75, 3.05) is 0 Å². The Morgan fingerprint density at radius 3 is 2.60 bits per heavy atom. The van der Waals surface area contributed by atoms with E-state index in [1.807, 2.05) is 3.88 Å². The van der Waals surface area contributed by atoms with Crippen molar-refractivity contribution in [2.45, 2.75) is 0 Å². The van der Waals surface area contributed by atoms with E-state index >= 15 is 0 Å². The van der Waals surface area contributed by atoms with Crippen LogP contribution in [0.5, 0.6) is 0 Å². The summed E-state index contributed by atoms with van der Waals surface area (Å²) in [7, 11) is 0. The van der Waals surface area contributed by atoms with Crippen molar-refractivity contribution >= 4 is 0 Å². The molecule has 0 radical (unpaired) electrons. The van der Waals surface area contributed by atoms with Gasteiger partial charge in [0.15, 0.2) is 0 Å². The third-order valence-electron chi connectivity index (χ3n) is 0.0873. The van der Waals surface area contributed by atoms with E-state index in [4.69, 9.17) is 5.26 Å². The Balaban J connectivity index is 2.75. The first-order valence-electron chi connectivity index (χ1n) is 0.844. The molecule has 5 heavy (non-hydrogen) atoms. The first-order chi connectivity index (χ1) is 2.41. The summed E-state index contributed by atoms with van der Waals surface area (Å²) in [4.78, 5) is 0. The molecule has 0 spiro atoms. The summed E-state index contributed by atoms with van der Waals surface area (Å²) in [5.41, 5.74) is 0.